The summed E-state index contributed by atoms with van der Waals surface area (Å²) in [6, 6.07) is 16.2. The van der Waals surface area contributed by atoms with Crippen molar-refractivity contribution in [3.8, 4) is 0 Å². The molecule has 0 spiro atoms. The van der Waals surface area contributed by atoms with Crippen molar-refractivity contribution in [2.75, 3.05) is 0 Å². The summed E-state index contributed by atoms with van der Waals surface area (Å²) in [4.78, 5) is 12.5. The molecule has 0 radical (unpaired) electrons. The first-order chi connectivity index (χ1) is 9.25. The maximum absolute atomic E-state index is 12.5. The lowest BCUT2D eigenvalue weighted by Crippen LogP contribution is -2.24. The molecule has 1 aliphatic rings. The van der Waals surface area contributed by atoms with E-state index < -0.39 is 0 Å². The molecule has 1 unspecified atom stereocenters. The molecule has 1 aliphatic carbocycles. The second-order valence-corrected chi connectivity index (χ2v) is 5.91. The molecule has 2 aromatic carbocycles. The van der Waals surface area contributed by atoms with E-state index >= 15 is 0 Å². The number of carbonyl (C=O) groups is 1. The smallest absolute Gasteiger partial charge is 0.166 e. The molecule has 0 N–H and O–H groups in total. The summed E-state index contributed by atoms with van der Waals surface area (Å²) in [5.74, 6) is 0.422. The van der Waals surface area contributed by atoms with E-state index in [2.05, 4.69) is 28.1 Å². The first-order valence-electron chi connectivity index (χ1n) is 6.61. The van der Waals surface area contributed by atoms with Crippen molar-refractivity contribution in [2.24, 2.45) is 5.92 Å². The predicted octanol–water partition coefficient (Wildman–Crippen LogP) is 4.44. The molecule has 0 heterocycles. The van der Waals surface area contributed by atoms with Gasteiger partial charge in [0.05, 0.1) is 0 Å². The minimum Gasteiger partial charge on any atom is -0.294 e. The van der Waals surface area contributed by atoms with Gasteiger partial charge in [-0.25, -0.2) is 0 Å². The lowest BCUT2D eigenvalue weighted by molar-refractivity contribution is 0.0901. The van der Waals surface area contributed by atoms with Gasteiger partial charge in [-0.15, -0.1) is 0 Å². The van der Waals surface area contributed by atoms with Crippen molar-refractivity contribution in [3.63, 3.8) is 0 Å². The van der Waals surface area contributed by atoms with Crippen LogP contribution in [0.2, 0.25) is 0 Å². The number of benzene rings is 2. The van der Waals surface area contributed by atoms with Gasteiger partial charge < -0.3 is 0 Å². The average molecular weight is 315 g/mol. The summed E-state index contributed by atoms with van der Waals surface area (Å²) in [6.45, 7) is 0. The molecule has 0 bridgehead atoms. The molecule has 0 aromatic heterocycles. The van der Waals surface area contributed by atoms with Gasteiger partial charge in [-0.05, 0) is 36.5 Å². The monoisotopic (exact) mass is 314 g/mol. The largest absolute Gasteiger partial charge is 0.294 e. The molecule has 1 atom stereocenters. The zero-order valence-corrected chi connectivity index (χ0v) is 12.2. The van der Waals surface area contributed by atoms with Gasteiger partial charge in [-0.1, -0.05) is 58.4 Å². The van der Waals surface area contributed by atoms with E-state index in [1.165, 1.54) is 11.1 Å². The minimum atomic E-state index is 0.119. The number of fused-ring (bicyclic) bond motifs is 1. The van der Waals surface area contributed by atoms with Gasteiger partial charge in [0.25, 0.3) is 0 Å². The fraction of sp³-hybridized carbons (Fsp3) is 0.235. The highest BCUT2D eigenvalue weighted by molar-refractivity contribution is 9.10. The molecular weight excluding hydrogens is 300 g/mol. The van der Waals surface area contributed by atoms with Crippen molar-refractivity contribution < 1.29 is 4.79 Å². The third-order valence-electron chi connectivity index (χ3n) is 3.84. The zero-order valence-electron chi connectivity index (χ0n) is 10.6. The van der Waals surface area contributed by atoms with Crippen LogP contribution in [0.3, 0.4) is 0 Å². The Balaban J connectivity index is 1.85. The second-order valence-electron chi connectivity index (χ2n) is 5.05. The maximum atomic E-state index is 12.5. The molecule has 2 heteroatoms. The Morgan fingerprint density at radius 3 is 2.63 bits per heavy atom. The van der Waals surface area contributed by atoms with Gasteiger partial charge in [0.15, 0.2) is 5.78 Å². The molecule has 0 saturated carbocycles. The number of hydrogen-bond donors (Lipinski definition) is 0. The molecular formula is C17H15BrO. The van der Waals surface area contributed by atoms with Gasteiger partial charge in [-0.2, -0.15) is 0 Å². The van der Waals surface area contributed by atoms with Crippen LogP contribution in [-0.4, -0.2) is 5.78 Å². The van der Waals surface area contributed by atoms with Crippen LogP contribution in [0, 0.1) is 5.92 Å². The Bertz CT molecular complexity index is 618. The van der Waals surface area contributed by atoms with E-state index in [0.29, 0.717) is 5.78 Å². The number of hydrogen-bond acceptors (Lipinski definition) is 1. The van der Waals surface area contributed by atoms with Gasteiger partial charge in [0, 0.05) is 16.0 Å². The number of carbonyl (C=O) groups excluding carboxylic acids is 1. The van der Waals surface area contributed by atoms with Gasteiger partial charge in [0.2, 0.25) is 0 Å². The van der Waals surface area contributed by atoms with E-state index in [4.69, 9.17) is 0 Å². The van der Waals surface area contributed by atoms with E-state index in [1.54, 1.807) is 0 Å². The summed E-state index contributed by atoms with van der Waals surface area (Å²) >= 11 is 3.56. The number of rotatable bonds is 2. The predicted molar refractivity (Wildman–Crippen MR) is 80.4 cm³/mol. The molecule has 1 nitrogen and oxygen atoms in total. The number of ketones is 1. The highest BCUT2D eigenvalue weighted by Crippen LogP contribution is 2.29. The number of aryl methyl sites for hydroxylation is 1. The zero-order chi connectivity index (χ0) is 13.2. The van der Waals surface area contributed by atoms with Crippen LogP contribution in [0.5, 0.6) is 0 Å². The highest BCUT2D eigenvalue weighted by Gasteiger charge is 2.27. The summed E-state index contributed by atoms with van der Waals surface area (Å²) < 4.78 is 1.10. The molecule has 0 fully saturated rings. The lowest BCUT2D eigenvalue weighted by atomic mass is 9.80. The maximum Gasteiger partial charge on any atom is 0.166 e. The van der Waals surface area contributed by atoms with E-state index in [1.807, 2.05) is 36.4 Å². The lowest BCUT2D eigenvalue weighted by Gasteiger charge is -2.23. The molecule has 19 heavy (non-hydrogen) atoms. The third-order valence-corrected chi connectivity index (χ3v) is 4.61. The molecule has 3 rings (SSSR count). The topological polar surface area (TPSA) is 17.1 Å². The average Bonchev–Trinajstić information content (AvgIpc) is 2.44. The first-order valence-corrected chi connectivity index (χ1v) is 7.40. The molecule has 96 valence electrons. The quantitative estimate of drug-likeness (QED) is 0.801. The van der Waals surface area contributed by atoms with E-state index in [0.717, 1.165) is 29.3 Å². The van der Waals surface area contributed by atoms with E-state index in [-0.39, 0.29) is 5.92 Å². The summed E-state index contributed by atoms with van der Waals surface area (Å²) in [5, 5.41) is 0. The molecule has 0 saturated heterocycles. The fourth-order valence-electron chi connectivity index (χ4n) is 2.78. The Hall–Kier alpha value is -1.41. The third kappa shape index (κ3) is 2.50. The van der Waals surface area contributed by atoms with Crippen LogP contribution in [-0.2, 0) is 12.8 Å². The Morgan fingerprint density at radius 1 is 1.05 bits per heavy atom. The van der Waals surface area contributed by atoms with Crippen molar-refractivity contribution in [3.05, 3.63) is 69.7 Å². The van der Waals surface area contributed by atoms with Crippen LogP contribution < -0.4 is 0 Å². The highest BCUT2D eigenvalue weighted by atomic mass is 79.9. The normalized spacial score (nSPS) is 18.2. The van der Waals surface area contributed by atoms with Crippen molar-refractivity contribution in [1.29, 1.82) is 0 Å². The Morgan fingerprint density at radius 2 is 1.79 bits per heavy atom. The first kappa shape index (κ1) is 12.6. The standard InChI is InChI=1S/C17H15BrO/c18-16-8-4-2-6-13(16)11-14-10-9-12-5-1-3-7-15(12)17(14)19/h1-8,14H,9-11H2. The van der Waals surface area contributed by atoms with Crippen molar-refractivity contribution in [1.82, 2.24) is 0 Å². The summed E-state index contributed by atoms with van der Waals surface area (Å²) in [6.07, 6.45) is 2.79. The summed E-state index contributed by atoms with van der Waals surface area (Å²) in [5.41, 5.74) is 3.35. The second kappa shape index (κ2) is 5.30. The minimum absolute atomic E-state index is 0.119. The van der Waals surface area contributed by atoms with Crippen LogP contribution >= 0.6 is 15.9 Å². The van der Waals surface area contributed by atoms with Gasteiger partial charge >= 0.3 is 0 Å². The van der Waals surface area contributed by atoms with Crippen LogP contribution in [0.25, 0.3) is 0 Å². The van der Waals surface area contributed by atoms with E-state index in [9.17, 15) is 4.79 Å². The Kier molecular flexibility index (Phi) is 3.52. The summed E-state index contributed by atoms with van der Waals surface area (Å²) in [7, 11) is 0. The van der Waals surface area contributed by atoms with Crippen molar-refractivity contribution in [2.45, 2.75) is 19.3 Å². The SMILES string of the molecule is O=C1c2ccccc2CCC1Cc1ccccc1Br. The molecule has 0 amide bonds. The van der Waals surface area contributed by atoms with Gasteiger partial charge in [-0.3, -0.25) is 4.79 Å². The van der Waals surface area contributed by atoms with Crippen LogP contribution in [0.4, 0.5) is 0 Å². The Labute approximate surface area is 121 Å². The fourth-order valence-corrected chi connectivity index (χ4v) is 3.23. The van der Waals surface area contributed by atoms with Crippen LogP contribution in [0.1, 0.15) is 27.9 Å². The van der Waals surface area contributed by atoms with Crippen molar-refractivity contribution >= 4 is 21.7 Å². The number of halogens is 1. The molecule has 0 aliphatic heterocycles. The van der Waals surface area contributed by atoms with Crippen LogP contribution in [0.15, 0.2) is 53.0 Å². The van der Waals surface area contributed by atoms with Gasteiger partial charge in [0.1, 0.15) is 0 Å². The number of Topliss-reactive ketones (excluding diaryl/α,β-unsaturated/α-hetero) is 1. The molecule has 2 aromatic rings.